The lowest BCUT2D eigenvalue weighted by molar-refractivity contribution is -0.117. The third-order valence-electron chi connectivity index (χ3n) is 3.94. The molecule has 1 aliphatic heterocycles. The van der Waals surface area contributed by atoms with Gasteiger partial charge < -0.3 is 5.32 Å². The fourth-order valence-electron chi connectivity index (χ4n) is 2.64. The first kappa shape index (κ1) is 15.7. The molecule has 1 amide bonds. The van der Waals surface area contributed by atoms with E-state index in [1.54, 1.807) is 12.3 Å². The lowest BCUT2D eigenvalue weighted by Crippen LogP contribution is -2.39. The van der Waals surface area contributed by atoms with Crippen LogP contribution in [0.25, 0.3) is 0 Å². The van der Waals surface area contributed by atoms with Crippen molar-refractivity contribution in [3.63, 3.8) is 0 Å². The van der Waals surface area contributed by atoms with Crippen molar-refractivity contribution in [3.8, 4) is 0 Å². The second kappa shape index (κ2) is 6.12. The molecule has 2 aromatic heterocycles. The highest BCUT2D eigenvalue weighted by Gasteiger charge is 2.24. The fourth-order valence-corrected chi connectivity index (χ4v) is 2.64. The van der Waals surface area contributed by atoms with Crippen LogP contribution in [0.4, 0.5) is 5.82 Å². The summed E-state index contributed by atoms with van der Waals surface area (Å²) in [6.07, 6.45) is 1.67. The van der Waals surface area contributed by atoms with Gasteiger partial charge in [0.05, 0.1) is 24.5 Å². The molecule has 6 nitrogen and oxygen atoms in total. The Balaban J connectivity index is 1.61. The number of nitrogens with zero attached hydrogens (tertiary/aromatic N) is 4. The summed E-state index contributed by atoms with van der Waals surface area (Å²) in [6.45, 7) is 9.26. The molecule has 0 radical (unpaired) electrons. The van der Waals surface area contributed by atoms with Crippen molar-refractivity contribution in [2.24, 2.45) is 0 Å². The maximum Gasteiger partial charge on any atom is 0.239 e. The lowest BCUT2D eigenvalue weighted by atomic mass is 9.92. The van der Waals surface area contributed by atoms with E-state index in [1.165, 1.54) is 5.69 Å². The molecule has 0 unspecified atom stereocenters. The number of carbonyl (C=O) groups excluding carboxylic acids is 1. The van der Waals surface area contributed by atoms with Crippen LogP contribution in [0.2, 0.25) is 0 Å². The van der Waals surface area contributed by atoms with E-state index in [2.05, 4.69) is 51.8 Å². The van der Waals surface area contributed by atoms with Crippen LogP contribution in [0.1, 0.15) is 32.2 Å². The summed E-state index contributed by atoms with van der Waals surface area (Å²) in [4.78, 5) is 18.4. The minimum Gasteiger partial charge on any atom is -0.310 e. The van der Waals surface area contributed by atoms with Gasteiger partial charge >= 0.3 is 0 Å². The van der Waals surface area contributed by atoms with E-state index in [0.29, 0.717) is 12.4 Å². The number of carbonyl (C=O) groups is 1. The topological polar surface area (TPSA) is 63.1 Å². The monoisotopic (exact) mass is 313 g/mol. The van der Waals surface area contributed by atoms with Crippen LogP contribution in [0, 0.1) is 0 Å². The van der Waals surface area contributed by atoms with E-state index in [-0.39, 0.29) is 11.3 Å². The second-order valence-corrected chi connectivity index (χ2v) is 6.97. The molecule has 6 heteroatoms. The van der Waals surface area contributed by atoms with Gasteiger partial charge in [0.2, 0.25) is 5.91 Å². The Morgan fingerprint density at radius 3 is 2.83 bits per heavy atom. The lowest BCUT2D eigenvalue weighted by Gasteiger charge is -2.26. The number of hydrogen-bond donors (Lipinski definition) is 1. The molecular formula is C17H23N5O. The molecule has 0 saturated carbocycles. The van der Waals surface area contributed by atoms with Gasteiger partial charge in [0, 0.05) is 24.7 Å². The van der Waals surface area contributed by atoms with E-state index < -0.39 is 0 Å². The second-order valence-electron chi connectivity index (χ2n) is 6.97. The molecule has 3 heterocycles. The minimum atomic E-state index is -0.0345. The Kier molecular flexibility index (Phi) is 4.17. The Hall–Kier alpha value is -2.21. The van der Waals surface area contributed by atoms with Crippen molar-refractivity contribution in [1.29, 1.82) is 0 Å². The molecular weight excluding hydrogens is 290 g/mol. The smallest absolute Gasteiger partial charge is 0.239 e. The molecule has 122 valence electrons. The molecule has 0 fully saturated rings. The predicted molar refractivity (Wildman–Crippen MR) is 89.1 cm³/mol. The first-order chi connectivity index (χ1) is 10.9. The van der Waals surface area contributed by atoms with Crippen molar-refractivity contribution >= 4 is 11.7 Å². The molecule has 0 atom stereocenters. The standard InChI is InChI=1S/C17H23N5O/c1-17(2,3)14-10-13-11-21(8-9-22(13)20-14)12-16(23)19-15-6-4-5-7-18-15/h4-7,10H,8-9,11-12H2,1-3H3,(H,18,19,23). The van der Waals surface area contributed by atoms with Gasteiger partial charge in [-0.1, -0.05) is 26.8 Å². The summed E-state index contributed by atoms with van der Waals surface area (Å²) in [6, 6.07) is 7.63. The number of pyridine rings is 1. The van der Waals surface area contributed by atoms with Crippen LogP contribution in [0.3, 0.4) is 0 Å². The summed E-state index contributed by atoms with van der Waals surface area (Å²) in [5, 5.41) is 7.51. The van der Waals surface area contributed by atoms with E-state index in [1.807, 2.05) is 12.1 Å². The summed E-state index contributed by atoms with van der Waals surface area (Å²) in [7, 11) is 0. The third-order valence-corrected chi connectivity index (χ3v) is 3.94. The van der Waals surface area contributed by atoms with Gasteiger partial charge in [-0.15, -0.1) is 0 Å². The molecule has 0 spiro atoms. The highest BCUT2D eigenvalue weighted by molar-refractivity contribution is 5.91. The number of hydrogen-bond acceptors (Lipinski definition) is 4. The van der Waals surface area contributed by atoms with E-state index in [4.69, 9.17) is 0 Å². The average Bonchev–Trinajstić information content (AvgIpc) is 2.91. The maximum absolute atomic E-state index is 12.1. The quantitative estimate of drug-likeness (QED) is 0.942. The minimum absolute atomic E-state index is 0.0345. The van der Waals surface area contributed by atoms with Crippen LogP contribution in [0.15, 0.2) is 30.5 Å². The Morgan fingerprint density at radius 1 is 1.30 bits per heavy atom. The van der Waals surface area contributed by atoms with Crippen LogP contribution in [-0.4, -0.2) is 38.7 Å². The van der Waals surface area contributed by atoms with Crippen molar-refractivity contribution in [3.05, 3.63) is 41.9 Å². The summed E-state index contributed by atoms with van der Waals surface area (Å²) in [5.74, 6) is 0.558. The number of aromatic nitrogens is 3. The molecule has 0 saturated heterocycles. The molecule has 0 aromatic carbocycles. The third kappa shape index (κ3) is 3.76. The largest absolute Gasteiger partial charge is 0.310 e. The average molecular weight is 313 g/mol. The molecule has 3 rings (SSSR count). The highest BCUT2D eigenvalue weighted by Crippen LogP contribution is 2.23. The zero-order valence-electron chi connectivity index (χ0n) is 13.9. The Bertz CT molecular complexity index is 687. The van der Waals surface area contributed by atoms with Gasteiger partial charge in [-0.05, 0) is 18.2 Å². The fraction of sp³-hybridized carbons (Fsp3) is 0.471. The maximum atomic E-state index is 12.1. The van der Waals surface area contributed by atoms with Gasteiger partial charge in [0.15, 0.2) is 0 Å². The van der Waals surface area contributed by atoms with E-state index >= 15 is 0 Å². The van der Waals surface area contributed by atoms with Gasteiger partial charge in [-0.2, -0.15) is 5.10 Å². The summed E-state index contributed by atoms with van der Waals surface area (Å²) >= 11 is 0. The van der Waals surface area contributed by atoms with Crippen LogP contribution in [-0.2, 0) is 23.3 Å². The van der Waals surface area contributed by atoms with Gasteiger partial charge in [0.1, 0.15) is 5.82 Å². The molecule has 0 bridgehead atoms. The number of fused-ring (bicyclic) bond motifs is 1. The Morgan fingerprint density at radius 2 is 2.13 bits per heavy atom. The van der Waals surface area contributed by atoms with Gasteiger partial charge in [-0.25, -0.2) is 4.98 Å². The Labute approximate surface area is 136 Å². The van der Waals surface area contributed by atoms with Gasteiger partial charge in [-0.3, -0.25) is 14.4 Å². The number of amides is 1. The van der Waals surface area contributed by atoms with Crippen LogP contribution >= 0.6 is 0 Å². The van der Waals surface area contributed by atoms with E-state index in [9.17, 15) is 4.79 Å². The van der Waals surface area contributed by atoms with Gasteiger partial charge in [0.25, 0.3) is 0 Å². The highest BCUT2D eigenvalue weighted by atomic mass is 16.2. The van der Waals surface area contributed by atoms with Crippen molar-refractivity contribution in [1.82, 2.24) is 19.7 Å². The summed E-state index contributed by atoms with van der Waals surface area (Å²) < 4.78 is 2.06. The first-order valence-corrected chi connectivity index (χ1v) is 7.92. The molecule has 1 aliphatic rings. The van der Waals surface area contributed by atoms with Crippen molar-refractivity contribution < 1.29 is 4.79 Å². The van der Waals surface area contributed by atoms with Crippen LogP contribution in [0.5, 0.6) is 0 Å². The van der Waals surface area contributed by atoms with Crippen molar-refractivity contribution in [2.45, 2.75) is 39.3 Å². The first-order valence-electron chi connectivity index (χ1n) is 7.92. The molecule has 2 aromatic rings. The predicted octanol–water partition coefficient (Wildman–Crippen LogP) is 2.03. The molecule has 1 N–H and O–H groups in total. The molecule has 23 heavy (non-hydrogen) atoms. The SMILES string of the molecule is CC(C)(C)c1cc2n(n1)CCN(CC(=O)Nc1ccccn1)C2. The van der Waals surface area contributed by atoms with Crippen LogP contribution < -0.4 is 5.32 Å². The van der Waals surface area contributed by atoms with Crippen molar-refractivity contribution in [2.75, 3.05) is 18.4 Å². The number of anilines is 1. The van der Waals surface area contributed by atoms with E-state index in [0.717, 1.165) is 25.3 Å². The normalized spacial score (nSPS) is 15.3. The number of rotatable bonds is 3. The number of nitrogens with one attached hydrogen (secondary N) is 1. The summed E-state index contributed by atoms with van der Waals surface area (Å²) in [5.41, 5.74) is 2.32. The zero-order chi connectivity index (χ0) is 16.4. The zero-order valence-corrected chi connectivity index (χ0v) is 13.9. The molecule has 0 aliphatic carbocycles.